The summed E-state index contributed by atoms with van der Waals surface area (Å²) in [5, 5.41) is 13.0. The van der Waals surface area contributed by atoms with Crippen LogP contribution in [0, 0.1) is 6.92 Å². The minimum Gasteiger partial charge on any atom is -0.477 e. The van der Waals surface area contributed by atoms with Gasteiger partial charge in [0.15, 0.2) is 0 Å². The van der Waals surface area contributed by atoms with E-state index in [-0.39, 0.29) is 23.7 Å². The zero-order chi connectivity index (χ0) is 16.4. The highest BCUT2D eigenvalue weighted by atomic mass is 32.1. The van der Waals surface area contributed by atoms with Gasteiger partial charge in [-0.25, -0.2) is 4.79 Å². The molecule has 0 spiro atoms. The third kappa shape index (κ3) is 3.27. The lowest BCUT2D eigenvalue weighted by Crippen LogP contribution is -2.25. The summed E-state index contributed by atoms with van der Waals surface area (Å²) in [6.45, 7) is 2.00. The molecule has 0 aliphatic rings. The van der Waals surface area contributed by atoms with Crippen LogP contribution < -0.4 is 5.32 Å². The van der Waals surface area contributed by atoms with Gasteiger partial charge in [0.2, 0.25) is 5.91 Å². The van der Waals surface area contributed by atoms with E-state index in [0.717, 1.165) is 15.8 Å². The van der Waals surface area contributed by atoms with Crippen LogP contribution in [0.3, 0.4) is 0 Å². The number of hydrogen-bond donors (Lipinski definition) is 2. The first-order chi connectivity index (χ1) is 11.0. The third-order valence-corrected chi connectivity index (χ3v) is 4.69. The molecule has 0 aliphatic heterocycles. The average Bonchev–Trinajstić information content (AvgIpc) is 3.08. The Labute approximate surface area is 136 Å². The zero-order valence-corrected chi connectivity index (χ0v) is 13.3. The summed E-state index contributed by atoms with van der Waals surface area (Å²) in [5.74, 6) is 0.168. The van der Waals surface area contributed by atoms with Crippen molar-refractivity contribution in [1.82, 2.24) is 5.32 Å². The fourth-order valence-electron chi connectivity index (χ4n) is 2.43. The topological polar surface area (TPSA) is 79.5 Å². The van der Waals surface area contributed by atoms with Crippen LogP contribution in [-0.4, -0.2) is 17.0 Å². The monoisotopic (exact) mass is 329 g/mol. The van der Waals surface area contributed by atoms with Gasteiger partial charge in [-0.1, -0.05) is 18.2 Å². The molecule has 2 N–H and O–H groups in total. The number of hydrogen-bond acceptors (Lipinski definition) is 4. The highest BCUT2D eigenvalue weighted by Crippen LogP contribution is 2.31. The molecule has 1 aromatic carbocycles. The smallest absolute Gasteiger partial charge is 0.346 e. The maximum absolute atomic E-state index is 12.0. The number of carbonyl (C=O) groups is 2. The van der Waals surface area contributed by atoms with E-state index in [0.29, 0.717) is 11.3 Å². The van der Waals surface area contributed by atoms with Gasteiger partial charge in [0.25, 0.3) is 0 Å². The Morgan fingerprint density at radius 1 is 1.22 bits per heavy atom. The summed E-state index contributed by atoms with van der Waals surface area (Å²) in [6, 6.07) is 11.0. The van der Waals surface area contributed by atoms with Crippen molar-refractivity contribution >= 4 is 33.3 Å². The number of thiophene rings is 1. The first kappa shape index (κ1) is 15.3. The van der Waals surface area contributed by atoms with Gasteiger partial charge in [0.05, 0.1) is 6.42 Å². The molecule has 0 radical (unpaired) electrons. The number of carbonyl (C=O) groups excluding carboxylic acids is 1. The van der Waals surface area contributed by atoms with Crippen molar-refractivity contribution in [3.05, 3.63) is 58.4 Å². The summed E-state index contributed by atoms with van der Waals surface area (Å²) in [4.78, 5) is 23.7. The van der Waals surface area contributed by atoms with Crippen molar-refractivity contribution in [2.75, 3.05) is 0 Å². The van der Waals surface area contributed by atoms with Gasteiger partial charge < -0.3 is 14.8 Å². The van der Waals surface area contributed by atoms with Gasteiger partial charge >= 0.3 is 5.97 Å². The van der Waals surface area contributed by atoms with Gasteiger partial charge in [0, 0.05) is 16.8 Å². The number of fused-ring (bicyclic) bond motifs is 1. The van der Waals surface area contributed by atoms with Crippen molar-refractivity contribution in [2.24, 2.45) is 0 Å². The van der Waals surface area contributed by atoms with E-state index in [9.17, 15) is 14.7 Å². The molecule has 0 fully saturated rings. The number of aryl methyl sites for hydroxylation is 1. The molecule has 2 aromatic heterocycles. The van der Waals surface area contributed by atoms with Crippen LogP contribution in [0.5, 0.6) is 0 Å². The standard InChI is InChI=1S/C17H15NO4S/c1-10-6-7-11(22-10)8-15(19)18-9-13-12-4-2-3-5-14(12)23-16(13)17(20)21/h2-7H,8-9H2,1H3,(H,18,19)(H,20,21). The third-order valence-electron chi connectivity index (χ3n) is 3.49. The molecule has 0 bridgehead atoms. The van der Waals surface area contributed by atoms with E-state index in [1.165, 1.54) is 11.3 Å². The molecule has 6 heteroatoms. The van der Waals surface area contributed by atoms with Gasteiger partial charge in [-0.3, -0.25) is 4.79 Å². The molecule has 2 heterocycles. The minimum absolute atomic E-state index is 0.137. The molecule has 5 nitrogen and oxygen atoms in total. The maximum Gasteiger partial charge on any atom is 0.346 e. The highest BCUT2D eigenvalue weighted by molar-refractivity contribution is 7.21. The number of nitrogens with one attached hydrogen (secondary N) is 1. The van der Waals surface area contributed by atoms with Crippen LogP contribution in [0.25, 0.3) is 10.1 Å². The zero-order valence-electron chi connectivity index (χ0n) is 12.5. The Morgan fingerprint density at radius 2 is 2.00 bits per heavy atom. The summed E-state index contributed by atoms with van der Waals surface area (Å²) in [5.41, 5.74) is 0.641. The van der Waals surface area contributed by atoms with Crippen molar-refractivity contribution in [3.8, 4) is 0 Å². The van der Waals surface area contributed by atoms with Crippen molar-refractivity contribution in [3.63, 3.8) is 0 Å². The summed E-state index contributed by atoms with van der Waals surface area (Å²) in [6.07, 6.45) is 0.137. The molecule has 0 saturated heterocycles. The molecule has 0 atom stereocenters. The molecule has 3 aromatic rings. The highest BCUT2D eigenvalue weighted by Gasteiger charge is 2.18. The molecule has 1 amide bonds. The second kappa shape index (κ2) is 6.26. The normalized spacial score (nSPS) is 10.8. The van der Waals surface area contributed by atoms with E-state index in [1.54, 1.807) is 12.1 Å². The predicted molar refractivity (Wildman–Crippen MR) is 87.8 cm³/mol. The summed E-state index contributed by atoms with van der Waals surface area (Å²) in [7, 11) is 0. The van der Waals surface area contributed by atoms with Crippen LogP contribution in [0.1, 0.15) is 26.8 Å². The minimum atomic E-state index is -0.975. The largest absolute Gasteiger partial charge is 0.477 e. The lowest BCUT2D eigenvalue weighted by molar-refractivity contribution is -0.120. The van der Waals surface area contributed by atoms with Gasteiger partial charge in [0.1, 0.15) is 16.4 Å². The quantitative estimate of drug-likeness (QED) is 0.752. The molecule has 3 rings (SSSR count). The number of carboxylic acid groups (broad SMARTS) is 1. The van der Waals surface area contributed by atoms with Crippen LogP contribution in [0.4, 0.5) is 0 Å². The van der Waals surface area contributed by atoms with Crippen molar-refractivity contribution in [1.29, 1.82) is 0 Å². The van der Waals surface area contributed by atoms with Crippen LogP contribution in [-0.2, 0) is 17.8 Å². The first-order valence-corrected chi connectivity index (χ1v) is 7.92. The molecular formula is C17H15NO4S. The number of aromatic carboxylic acids is 1. The second-order valence-electron chi connectivity index (χ2n) is 5.18. The van der Waals surface area contributed by atoms with Gasteiger partial charge in [-0.05, 0) is 30.5 Å². The Balaban J connectivity index is 1.77. The molecule has 118 valence electrons. The molecule has 0 aliphatic carbocycles. The van der Waals surface area contributed by atoms with E-state index in [1.807, 2.05) is 31.2 Å². The number of benzene rings is 1. The maximum atomic E-state index is 12.0. The Hall–Kier alpha value is -2.60. The van der Waals surface area contributed by atoms with Crippen LogP contribution in [0.2, 0.25) is 0 Å². The fourth-order valence-corrected chi connectivity index (χ4v) is 3.50. The van der Waals surface area contributed by atoms with E-state index in [4.69, 9.17) is 4.42 Å². The average molecular weight is 329 g/mol. The van der Waals surface area contributed by atoms with E-state index >= 15 is 0 Å². The Morgan fingerprint density at radius 3 is 2.70 bits per heavy atom. The predicted octanol–water partition coefficient (Wildman–Crippen LogP) is 3.36. The number of furan rings is 1. The Kier molecular flexibility index (Phi) is 4.16. The van der Waals surface area contributed by atoms with Crippen molar-refractivity contribution in [2.45, 2.75) is 19.9 Å². The lowest BCUT2D eigenvalue weighted by atomic mass is 10.1. The van der Waals surface area contributed by atoms with Crippen molar-refractivity contribution < 1.29 is 19.1 Å². The summed E-state index contributed by atoms with van der Waals surface area (Å²) < 4.78 is 6.27. The molecule has 0 unspecified atom stereocenters. The molecular weight excluding hydrogens is 314 g/mol. The van der Waals surface area contributed by atoms with Crippen LogP contribution in [0.15, 0.2) is 40.8 Å². The SMILES string of the molecule is Cc1ccc(CC(=O)NCc2c(C(=O)O)sc3ccccc23)o1. The lowest BCUT2D eigenvalue weighted by Gasteiger charge is -2.05. The van der Waals surface area contributed by atoms with Gasteiger partial charge in [-0.2, -0.15) is 0 Å². The van der Waals surface area contributed by atoms with Gasteiger partial charge in [-0.15, -0.1) is 11.3 Å². The van der Waals surface area contributed by atoms with E-state index in [2.05, 4.69) is 5.32 Å². The fraction of sp³-hybridized carbons (Fsp3) is 0.176. The molecule has 0 saturated carbocycles. The molecule has 23 heavy (non-hydrogen) atoms. The number of carboxylic acids is 1. The van der Waals surface area contributed by atoms with E-state index < -0.39 is 5.97 Å². The second-order valence-corrected chi connectivity index (χ2v) is 6.23. The number of rotatable bonds is 5. The van der Waals surface area contributed by atoms with Crippen LogP contribution >= 0.6 is 11.3 Å². The Bertz CT molecular complexity index is 878. The first-order valence-electron chi connectivity index (χ1n) is 7.10. The number of amides is 1. The summed E-state index contributed by atoms with van der Waals surface area (Å²) >= 11 is 1.22.